The van der Waals surface area contributed by atoms with Gasteiger partial charge in [-0.3, -0.25) is 14.4 Å². The summed E-state index contributed by atoms with van der Waals surface area (Å²) in [5.41, 5.74) is -0.280. The predicted molar refractivity (Wildman–Crippen MR) is 97.2 cm³/mol. The molecular formula is C17H21N7O3. The van der Waals surface area contributed by atoms with Gasteiger partial charge in [-0.1, -0.05) is 0 Å². The van der Waals surface area contributed by atoms with Crippen molar-refractivity contribution in [2.45, 2.75) is 38.4 Å². The second-order valence-electron chi connectivity index (χ2n) is 6.58. The molecule has 142 valence electrons. The van der Waals surface area contributed by atoms with Crippen LogP contribution in [0.1, 0.15) is 30.8 Å². The molecule has 27 heavy (non-hydrogen) atoms. The Bertz CT molecular complexity index is 848. The van der Waals surface area contributed by atoms with E-state index in [0.29, 0.717) is 18.9 Å². The third kappa shape index (κ3) is 4.46. The van der Waals surface area contributed by atoms with Gasteiger partial charge in [0.1, 0.15) is 11.7 Å². The largest absolute Gasteiger partial charge is 0.352 e. The predicted octanol–water partition coefficient (Wildman–Crippen LogP) is -0.538. The van der Waals surface area contributed by atoms with E-state index in [9.17, 15) is 14.4 Å². The molecule has 0 aromatic carbocycles. The van der Waals surface area contributed by atoms with Gasteiger partial charge in [-0.15, -0.1) is 0 Å². The van der Waals surface area contributed by atoms with Crippen molar-refractivity contribution in [3.05, 3.63) is 46.9 Å². The number of nitrogens with one attached hydrogen (secondary N) is 3. The van der Waals surface area contributed by atoms with Gasteiger partial charge in [0.15, 0.2) is 0 Å². The zero-order valence-corrected chi connectivity index (χ0v) is 15.0. The van der Waals surface area contributed by atoms with Crippen LogP contribution in [0.5, 0.6) is 0 Å². The number of carbonyl (C=O) groups is 2. The van der Waals surface area contributed by atoms with E-state index in [4.69, 9.17) is 0 Å². The Hall–Kier alpha value is -3.30. The summed E-state index contributed by atoms with van der Waals surface area (Å²) in [7, 11) is 0. The maximum absolute atomic E-state index is 12.6. The van der Waals surface area contributed by atoms with Crippen LogP contribution in [0, 0.1) is 0 Å². The number of carbonyl (C=O) groups excluding carboxylic acids is 2. The van der Waals surface area contributed by atoms with Gasteiger partial charge >= 0.3 is 0 Å². The van der Waals surface area contributed by atoms with E-state index in [1.807, 2.05) is 13.8 Å². The minimum atomic E-state index is -0.497. The molecule has 1 saturated heterocycles. The molecule has 0 saturated carbocycles. The van der Waals surface area contributed by atoms with Gasteiger partial charge in [0, 0.05) is 37.2 Å². The van der Waals surface area contributed by atoms with Gasteiger partial charge in [0.25, 0.3) is 11.5 Å². The zero-order valence-electron chi connectivity index (χ0n) is 15.0. The molecule has 1 fully saturated rings. The summed E-state index contributed by atoms with van der Waals surface area (Å²) in [6.45, 7) is 4.16. The smallest absolute Gasteiger partial charge is 0.271 e. The fourth-order valence-electron chi connectivity index (χ4n) is 2.96. The van der Waals surface area contributed by atoms with Crippen LogP contribution in [0.15, 0.2) is 35.6 Å². The van der Waals surface area contributed by atoms with Gasteiger partial charge in [-0.05, 0) is 26.3 Å². The first kappa shape index (κ1) is 18.5. The summed E-state index contributed by atoms with van der Waals surface area (Å²) < 4.78 is 0. The Morgan fingerprint density at radius 1 is 1.26 bits per heavy atom. The van der Waals surface area contributed by atoms with Crippen molar-refractivity contribution >= 4 is 17.8 Å². The number of rotatable bonds is 5. The van der Waals surface area contributed by atoms with E-state index in [0.717, 1.165) is 6.20 Å². The van der Waals surface area contributed by atoms with Crippen molar-refractivity contribution < 1.29 is 9.59 Å². The number of anilines is 1. The van der Waals surface area contributed by atoms with E-state index in [2.05, 4.69) is 30.6 Å². The minimum Gasteiger partial charge on any atom is -0.352 e. The zero-order chi connectivity index (χ0) is 19.4. The van der Waals surface area contributed by atoms with Crippen LogP contribution >= 0.6 is 0 Å². The molecule has 2 aromatic heterocycles. The first-order valence-corrected chi connectivity index (χ1v) is 8.63. The fourth-order valence-corrected chi connectivity index (χ4v) is 2.96. The number of hydrogen-bond acceptors (Lipinski definition) is 7. The summed E-state index contributed by atoms with van der Waals surface area (Å²) in [4.78, 5) is 52.5. The van der Waals surface area contributed by atoms with Crippen LogP contribution in [0.4, 0.5) is 5.95 Å². The second-order valence-corrected chi connectivity index (χ2v) is 6.58. The molecule has 2 aromatic rings. The lowest BCUT2D eigenvalue weighted by molar-refractivity contribution is -0.122. The molecule has 1 aliphatic rings. The Balaban J connectivity index is 1.75. The average Bonchev–Trinajstić information content (AvgIpc) is 3.06. The van der Waals surface area contributed by atoms with Crippen LogP contribution < -0.4 is 21.1 Å². The highest BCUT2D eigenvalue weighted by molar-refractivity contribution is 5.92. The summed E-state index contributed by atoms with van der Waals surface area (Å²) in [6.07, 6.45) is 5.93. The van der Waals surface area contributed by atoms with E-state index in [1.54, 1.807) is 23.4 Å². The Morgan fingerprint density at radius 2 is 2.00 bits per heavy atom. The summed E-state index contributed by atoms with van der Waals surface area (Å²) in [5, 5.41) is 5.75. The standard InChI is InChI=1S/C17H21N7O3/c1-10(2)22-16(27)13-6-11(9-24(13)17-18-4-3-5-19-17)23-15(26)12-7-21-14(25)8-20-12/h3-5,7-8,10-11,13H,6,9H2,1-2H3,(H,21,25)(H,22,27)(H,23,26)/t11-,13+/m1/s1. The molecule has 10 heteroatoms. The molecule has 0 aliphatic carbocycles. The monoisotopic (exact) mass is 371 g/mol. The number of aromatic amines is 1. The van der Waals surface area contributed by atoms with Gasteiger partial charge in [-0.2, -0.15) is 0 Å². The molecule has 0 radical (unpaired) electrons. The average molecular weight is 371 g/mol. The summed E-state index contributed by atoms with van der Waals surface area (Å²) in [5.74, 6) is -0.133. The SMILES string of the molecule is CC(C)NC(=O)[C@@H]1C[C@@H](NC(=O)c2c[nH]c(=O)cn2)CN1c1ncccn1. The molecule has 0 spiro atoms. The Labute approximate surface area is 155 Å². The third-order valence-electron chi connectivity index (χ3n) is 4.08. The topological polar surface area (TPSA) is 133 Å². The minimum absolute atomic E-state index is 0.00461. The molecule has 10 nitrogen and oxygen atoms in total. The number of nitrogens with zero attached hydrogens (tertiary/aromatic N) is 4. The third-order valence-corrected chi connectivity index (χ3v) is 4.08. The molecule has 2 amide bonds. The maximum atomic E-state index is 12.6. The van der Waals surface area contributed by atoms with Crippen molar-refractivity contribution in [1.29, 1.82) is 0 Å². The Kier molecular flexibility index (Phi) is 5.43. The normalized spacial score (nSPS) is 19.1. The van der Waals surface area contributed by atoms with E-state index >= 15 is 0 Å². The number of H-pyrrole nitrogens is 1. The molecular weight excluding hydrogens is 350 g/mol. The van der Waals surface area contributed by atoms with E-state index in [-0.39, 0.29) is 29.2 Å². The summed E-state index contributed by atoms with van der Waals surface area (Å²) in [6, 6.07) is 0.903. The highest BCUT2D eigenvalue weighted by atomic mass is 16.2. The molecule has 3 N–H and O–H groups in total. The van der Waals surface area contributed by atoms with Crippen LogP contribution in [0.25, 0.3) is 0 Å². The maximum Gasteiger partial charge on any atom is 0.271 e. The highest BCUT2D eigenvalue weighted by Gasteiger charge is 2.39. The molecule has 2 atom stereocenters. The van der Waals surface area contributed by atoms with Crippen LogP contribution in [0.3, 0.4) is 0 Å². The number of amides is 2. The number of aromatic nitrogens is 4. The van der Waals surface area contributed by atoms with Gasteiger partial charge in [0.2, 0.25) is 11.9 Å². The highest BCUT2D eigenvalue weighted by Crippen LogP contribution is 2.23. The second kappa shape index (κ2) is 7.94. The van der Waals surface area contributed by atoms with Crippen LogP contribution in [-0.4, -0.2) is 56.4 Å². The number of hydrogen-bond donors (Lipinski definition) is 3. The van der Waals surface area contributed by atoms with Crippen molar-refractivity contribution in [2.24, 2.45) is 0 Å². The molecule has 3 rings (SSSR count). The van der Waals surface area contributed by atoms with E-state index in [1.165, 1.54) is 6.20 Å². The molecule has 1 aliphatic heterocycles. The fraction of sp³-hybridized carbons (Fsp3) is 0.412. The van der Waals surface area contributed by atoms with Crippen molar-refractivity contribution in [3.63, 3.8) is 0 Å². The molecule has 3 heterocycles. The lowest BCUT2D eigenvalue weighted by Gasteiger charge is -2.24. The van der Waals surface area contributed by atoms with Crippen molar-refractivity contribution in [1.82, 2.24) is 30.6 Å². The molecule has 0 unspecified atom stereocenters. The van der Waals surface area contributed by atoms with Gasteiger partial charge in [-0.25, -0.2) is 15.0 Å². The van der Waals surface area contributed by atoms with Gasteiger partial charge in [0.05, 0.1) is 6.20 Å². The molecule has 0 bridgehead atoms. The van der Waals surface area contributed by atoms with Crippen molar-refractivity contribution in [3.8, 4) is 0 Å². The summed E-state index contributed by atoms with van der Waals surface area (Å²) >= 11 is 0. The quantitative estimate of drug-likeness (QED) is 0.643. The van der Waals surface area contributed by atoms with E-state index < -0.39 is 11.9 Å². The van der Waals surface area contributed by atoms with Crippen LogP contribution in [0.2, 0.25) is 0 Å². The van der Waals surface area contributed by atoms with Crippen LogP contribution in [-0.2, 0) is 4.79 Å². The lowest BCUT2D eigenvalue weighted by Crippen LogP contribution is -2.46. The lowest BCUT2D eigenvalue weighted by atomic mass is 10.1. The van der Waals surface area contributed by atoms with Gasteiger partial charge < -0.3 is 20.5 Å². The Morgan fingerprint density at radius 3 is 2.63 bits per heavy atom. The van der Waals surface area contributed by atoms with Crippen molar-refractivity contribution in [2.75, 3.05) is 11.4 Å². The first-order chi connectivity index (χ1) is 12.9. The first-order valence-electron chi connectivity index (χ1n) is 8.63.